The van der Waals surface area contributed by atoms with Crippen LogP contribution in [0.3, 0.4) is 0 Å². The van der Waals surface area contributed by atoms with E-state index in [1.54, 1.807) is 7.11 Å². The minimum Gasteiger partial charge on any atom is -0.496 e. The molecule has 0 atom stereocenters. The highest BCUT2D eigenvalue weighted by molar-refractivity contribution is 6.00. The minimum absolute atomic E-state index is 0.0842. The fourth-order valence-corrected chi connectivity index (χ4v) is 3.22. The Balaban J connectivity index is 2.12. The molecule has 0 spiro atoms. The standard InChI is InChI=1S/C17H25NO3/c1-16(2)11-18(12-17(3,4)21-16)10-14(19)13-8-6-7-9-15(13)20-5/h6-9H,10-12H2,1-5H3. The van der Waals surface area contributed by atoms with Gasteiger partial charge in [-0.15, -0.1) is 0 Å². The van der Waals surface area contributed by atoms with E-state index in [-0.39, 0.29) is 17.0 Å². The molecule has 1 fully saturated rings. The highest BCUT2D eigenvalue weighted by atomic mass is 16.5. The lowest BCUT2D eigenvalue weighted by Gasteiger charge is -2.47. The second-order valence-electron chi connectivity index (χ2n) is 6.89. The number of Topliss-reactive ketones (excluding diaryl/α,β-unsaturated/α-hetero) is 1. The van der Waals surface area contributed by atoms with Crippen molar-refractivity contribution in [1.29, 1.82) is 0 Å². The van der Waals surface area contributed by atoms with Gasteiger partial charge in [0.1, 0.15) is 5.75 Å². The van der Waals surface area contributed by atoms with Crippen LogP contribution in [0.4, 0.5) is 0 Å². The number of ether oxygens (including phenoxy) is 2. The van der Waals surface area contributed by atoms with Crippen molar-refractivity contribution in [2.45, 2.75) is 38.9 Å². The summed E-state index contributed by atoms with van der Waals surface area (Å²) in [4.78, 5) is 14.7. The fourth-order valence-electron chi connectivity index (χ4n) is 3.22. The first-order valence-electron chi connectivity index (χ1n) is 7.31. The topological polar surface area (TPSA) is 38.8 Å². The summed E-state index contributed by atoms with van der Waals surface area (Å²) in [6, 6.07) is 7.37. The van der Waals surface area contributed by atoms with Gasteiger partial charge in [0.05, 0.1) is 30.4 Å². The summed E-state index contributed by atoms with van der Waals surface area (Å²) >= 11 is 0. The second-order valence-corrected chi connectivity index (χ2v) is 6.89. The van der Waals surface area contributed by atoms with Crippen LogP contribution in [0.5, 0.6) is 5.75 Å². The molecule has 0 unspecified atom stereocenters. The van der Waals surface area contributed by atoms with E-state index in [0.29, 0.717) is 17.9 Å². The van der Waals surface area contributed by atoms with E-state index in [0.717, 1.165) is 13.1 Å². The number of hydrogen-bond acceptors (Lipinski definition) is 4. The summed E-state index contributed by atoms with van der Waals surface area (Å²) in [6.07, 6.45) is 0. The highest BCUT2D eigenvalue weighted by Gasteiger charge is 2.38. The molecule has 4 nitrogen and oxygen atoms in total. The van der Waals surface area contributed by atoms with Gasteiger partial charge in [0, 0.05) is 13.1 Å². The zero-order chi connectivity index (χ0) is 15.7. The van der Waals surface area contributed by atoms with Crippen LogP contribution in [0.25, 0.3) is 0 Å². The molecule has 1 saturated heterocycles. The van der Waals surface area contributed by atoms with Gasteiger partial charge in [-0.25, -0.2) is 0 Å². The van der Waals surface area contributed by atoms with Gasteiger partial charge in [-0.3, -0.25) is 9.69 Å². The lowest BCUT2D eigenvalue weighted by molar-refractivity contribution is -0.178. The average Bonchev–Trinajstić information content (AvgIpc) is 2.34. The number of para-hydroxylation sites is 1. The molecule has 1 aliphatic heterocycles. The van der Waals surface area contributed by atoms with Gasteiger partial charge in [-0.05, 0) is 39.8 Å². The zero-order valence-electron chi connectivity index (χ0n) is 13.6. The maximum absolute atomic E-state index is 12.6. The van der Waals surface area contributed by atoms with Gasteiger partial charge in [-0.1, -0.05) is 12.1 Å². The van der Waals surface area contributed by atoms with Gasteiger partial charge < -0.3 is 9.47 Å². The second kappa shape index (κ2) is 5.78. The number of ketones is 1. The quantitative estimate of drug-likeness (QED) is 0.800. The monoisotopic (exact) mass is 291 g/mol. The Morgan fingerprint density at radius 2 is 1.76 bits per heavy atom. The van der Waals surface area contributed by atoms with Crippen molar-refractivity contribution in [2.24, 2.45) is 0 Å². The first-order valence-corrected chi connectivity index (χ1v) is 7.31. The Bertz CT molecular complexity index is 507. The van der Waals surface area contributed by atoms with E-state index < -0.39 is 0 Å². The van der Waals surface area contributed by atoms with E-state index in [1.807, 2.05) is 24.3 Å². The van der Waals surface area contributed by atoms with Gasteiger partial charge in [-0.2, -0.15) is 0 Å². The molecule has 1 aromatic rings. The van der Waals surface area contributed by atoms with Crippen molar-refractivity contribution >= 4 is 5.78 Å². The first kappa shape index (κ1) is 16.0. The van der Waals surface area contributed by atoms with E-state index in [4.69, 9.17) is 9.47 Å². The van der Waals surface area contributed by atoms with Gasteiger partial charge in [0.15, 0.2) is 5.78 Å². The molecule has 21 heavy (non-hydrogen) atoms. The van der Waals surface area contributed by atoms with Crippen LogP contribution in [0, 0.1) is 0 Å². The third-order valence-electron chi connectivity index (χ3n) is 3.54. The number of nitrogens with zero attached hydrogens (tertiary/aromatic N) is 1. The van der Waals surface area contributed by atoms with Crippen molar-refractivity contribution in [3.63, 3.8) is 0 Å². The summed E-state index contributed by atoms with van der Waals surface area (Å²) in [5, 5.41) is 0. The van der Waals surface area contributed by atoms with Crippen molar-refractivity contribution in [2.75, 3.05) is 26.7 Å². The molecule has 1 aliphatic rings. The number of rotatable bonds is 4. The molecule has 0 amide bonds. The Labute approximate surface area is 127 Å². The molecule has 2 rings (SSSR count). The number of benzene rings is 1. The Hall–Kier alpha value is -1.39. The van der Waals surface area contributed by atoms with Gasteiger partial charge in [0.25, 0.3) is 0 Å². The predicted molar refractivity (Wildman–Crippen MR) is 83.0 cm³/mol. The lowest BCUT2D eigenvalue weighted by Crippen LogP contribution is -2.58. The third kappa shape index (κ3) is 4.05. The van der Waals surface area contributed by atoms with E-state index in [9.17, 15) is 4.79 Å². The molecule has 0 aromatic heterocycles. The van der Waals surface area contributed by atoms with E-state index in [2.05, 4.69) is 32.6 Å². The molecular weight excluding hydrogens is 266 g/mol. The molecule has 0 bridgehead atoms. The highest BCUT2D eigenvalue weighted by Crippen LogP contribution is 2.28. The van der Waals surface area contributed by atoms with Crippen molar-refractivity contribution < 1.29 is 14.3 Å². The summed E-state index contributed by atoms with van der Waals surface area (Å²) < 4.78 is 11.3. The smallest absolute Gasteiger partial charge is 0.180 e. The van der Waals surface area contributed by atoms with Crippen molar-refractivity contribution in [1.82, 2.24) is 4.90 Å². The predicted octanol–water partition coefficient (Wildman–Crippen LogP) is 2.77. The molecule has 0 aliphatic carbocycles. The van der Waals surface area contributed by atoms with Gasteiger partial charge in [0.2, 0.25) is 0 Å². The molecule has 0 radical (unpaired) electrons. The zero-order valence-corrected chi connectivity index (χ0v) is 13.6. The Morgan fingerprint density at radius 1 is 1.19 bits per heavy atom. The number of methoxy groups -OCH3 is 1. The van der Waals surface area contributed by atoms with Crippen molar-refractivity contribution in [3.05, 3.63) is 29.8 Å². The summed E-state index contributed by atoms with van der Waals surface area (Å²) in [6.45, 7) is 10.1. The number of carbonyl (C=O) groups excluding carboxylic acids is 1. The van der Waals surface area contributed by atoms with Gasteiger partial charge >= 0.3 is 0 Å². The molecule has 1 heterocycles. The number of carbonyl (C=O) groups is 1. The summed E-state index contributed by atoms with van der Waals surface area (Å²) in [5.41, 5.74) is 0.146. The van der Waals surface area contributed by atoms with Crippen LogP contribution in [-0.4, -0.2) is 48.6 Å². The number of hydrogen-bond donors (Lipinski definition) is 0. The normalized spacial score (nSPS) is 21.0. The largest absolute Gasteiger partial charge is 0.496 e. The van der Waals surface area contributed by atoms with E-state index >= 15 is 0 Å². The molecule has 4 heteroatoms. The summed E-state index contributed by atoms with van der Waals surface area (Å²) in [7, 11) is 1.59. The fraction of sp³-hybridized carbons (Fsp3) is 0.588. The van der Waals surface area contributed by atoms with Crippen LogP contribution in [0.1, 0.15) is 38.1 Å². The molecule has 116 valence electrons. The van der Waals surface area contributed by atoms with Crippen LogP contribution in [-0.2, 0) is 4.74 Å². The number of morpholine rings is 1. The maximum Gasteiger partial charge on any atom is 0.180 e. The Kier molecular flexibility index (Phi) is 4.40. The third-order valence-corrected chi connectivity index (χ3v) is 3.54. The Morgan fingerprint density at radius 3 is 2.33 bits per heavy atom. The van der Waals surface area contributed by atoms with Crippen molar-refractivity contribution in [3.8, 4) is 5.75 Å². The average molecular weight is 291 g/mol. The molecule has 1 aromatic carbocycles. The lowest BCUT2D eigenvalue weighted by atomic mass is 9.98. The van der Waals surface area contributed by atoms with Crippen LogP contribution in [0.15, 0.2) is 24.3 Å². The SMILES string of the molecule is COc1ccccc1C(=O)CN1CC(C)(C)OC(C)(C)C1. The first-order chi connectivity index (χ1) is 9.72. The van der Waals surface area contributed by atoms with Crippen LogP contribution < -0.4 is 4.74 Å². The summed E-state index contributed by atoms with van der Waals surface area (Å²) in [5.74, 6) is 0.718. The van der Waals surface area contributed by atoms with Crippen LogP contribution in [0.2, 0.25) is 0 Å². The maximum atomic E-state index is 12.6. The molecule has 0 N–H and O–H groups in total. The van der Waals surface area contributed by atoms with E-state index in [1.165, 1.54) is 0 Å². The van der Waals surface area contributed by atoms with Crippen LogP contribution >= 0.6 is 0 Å². The molecular formula is C17H25NO3. The minimum atomic E-state index is -0.247. The molecule has 0 saturated carbocycles.